The number of piperidine rings is 1. The summed E-state index contributed by atoms with van der Waals surface area (Å²) in [5, 5.41) is 17.8. The van der Waals surface area contributed by atoms with Crippen molar-refractivity contribution in [1.82, 2.24) is 4.90 Å². The molecule has 88 valence electrons. The van der Waals surface area contributed by atoms with Crippen LogP contribution in [0, 0.1) is 5.41 Å². The van der Waals surface area contributed by atoms with Crippen molar-refractivity contribution in [1.29, 1.82) is 0 Å². The minimum Gasteiger partial charge on any atom is -0.480 e. The summed E-state index contributed by atoms with van der Waals surface area (Å²) in [5.41, 5.74) is -1.49. The van der Waals surface area contributed by atoms with Gasteiger partial charge in [-0.15, -0.1) is 6.58 Å². The summed E-state index contributed by atoms with van der Waals surface area (Å²) in [6, 6.07) is 0. The molecule has 1 aliphatic rings. The summed E-state index contributed by atoms with van der Waals surface area (Å²) >= 11 is 0. The number of carboxylic acids is 1. The van der Waals surface area contributed by atoms with Crippen LogP contribution in [0.4, 0.5) is 4.79 Å². The molecule has 0 spiro atoms. The van der Waals surface area contributed by atoms with Crippen LogP contribution in [-0.2, 0) is 9.59 Å². The molecule has 6 heteroatoms. The van der Waals surface area contributed by atoms with Gasteiger partial charge in [-0.3, -0.25) is 9.59 Å². The number of likely N-dealkylation sites (tertiary alicyclic amines) is 1. The number of hydrogen-bond acceptors (Lipinski definition) is 3. The van der Waals surface area contributed by atoms with Crippen LogP contribution in [0.1, 0.15) is 12.8 Å². The number of rotatable bonds is 3. The van der Waals surface area contributed by atoms with Gasteiger partial charge in [0.2, 0.25) is 0 Å². The fraction of sp³-hybridized carbons (Fsp3) is 0.500. The zero-order valence-electron chi connectivity index (χ0n) is 8.68. The van der Waals surface area contributed by atoms with Gasteiger partial charge < -0.3 is 15.1 Å². The summed E-state index contributed by atoms with van der Waals surface area (Å²) in [4.78, 5) is 34.4. The van der Waals surface area contributed by atoms with Crippen LogP contribution in [0.15, 0.2) is 12.7 Å². The second kappa shape index (κ2) is 4.34. The Morgan fingerprint density at radius 3 is 2.50 bits per heavy atom. The van der Waals surface area contributed by atoms with Crippen molar-refractivity contribution in [2.75, 3.05) is 13.1 Å². The van der Waals surface area contributed by atoms with Crippen molar-refractivity contribution in [3.05, 3.63) is 12.7 Å². The van der Waals surface area contributed by atoms with Gasteiger partial charge in [0.1, 0.15) is 5.41 Å². The van der Waals surface area contributed by atoms with E-state index in [0.29, 0.717) is 0 Å². The lowest BCUT2D eigenvalue weighted by Crippen LogP contribution is -2.53. The molecule has 0 aromatic rings. The highest BCUT2D eigenvalue weighted by Crippen LogP contribution is 2.33. The molecule has 1 unspecified atom stereocenters. The smallest absolute Gasteiger partial charge is 0.407 e. The van der Waals surface area contributed by atoms with Crippen LogP contribution >= 0.6 is 0 Å². The lowest BCUT2D eigenvalue weighted by Gasteiger charge is -2.35. The number of allylic oxidation sites excluding steroid dienone is 1. The van der Waals surface area contributed by atoms with E-state index in [1.54, 1.807) is 0 Å². The number of carbonyl (C=O) groups excluding carboxylic acids is 1. The lowest BCUT2D eigenvalue weighted by molar-refractivity contribution is -0.158. The maximum atomic E-state index is 11.7. The second-order valence-electron chi connectivity index (χ2n) is 3.76. The minimum atomic E-state index is -1.49. The SMILES string of the molecule is C=CCC1(C(=O)O)CCN(C(=O)O)CC1=O. The van der Waals surface area contributed by atoms with Crippen molar-refractivity contribution in [2.45, 2.75) is 12.8 Å². The molecule has 1 amide bonds. The lowest BCUT2D eigenvalue weighted by atomic mass is 9.75. The average molecular weight is 227 g/mol. The highest BCUT2D eigenvalue weighted by Gasteiger charge is 2.48. The Hall–Kier alpha value is -1.85. The van der Waals surface area contributed by atoms with E-state index >= 15 is 0 Å². The van der Waals surface area contributed by atoms with Crippen LogP contribution < -0.4 is 0 Å². The molecule has 0 bridgehead atoms. The van der Waals surface area contributed by atoms with Crippen LogP contribution in [0.25, 0.3) is 0 Å². The average Bonchev–Trinajstić information content (AvgIpc) is 2.20. The number of carboxylic acid groups (broad SMARTS) is 2. The van der Waals surface area contributed by atoms with Crippen LogP contribution in [-0.4, -0.2) is 46.0 Å². The van der Waals surface area contributed by atoms with Gasteiger partial charge in [-0.05, 0) is 12.8 Å². The van der Waals surface area contributed by atoms with Gasteiger partial charge in [0.05, 0.1) is 6.54 Å². The number of carbonyl (C=O) groups is 3. The number of hydrogen-bond donors (Lipinski definition) is 2. The number of nitrogens with zero attached hydrogens (tertiary/aromatic N) is 1. The Kier molecular flexibility index (Phi) is 3.31. The fourth-order valence-electron chi connectivity index (χ4n) is 1.81. The van der Waals surface area contributed by atoms with Crippen molar-refractivity contribution in [2.24, 2.45) is 5.41 Å². The molecule has 1 aliphatic heterocycles. The van der Waals surface area contributed by atoms with E-state index in [-0.39, 0.29) is 25.9 Å². The summed E-state index contributed by atoms with van der Waals surface area (Å²) in [6.07, 6.45) is 0.210. The Labute approximate surface area is 92.2 Å². The highest BCUT2D eigenvalue weighted by molar-refractivity contribution is 6.05. The molecule has 0 aliphatic carbocycles. The molecule has 0 aromatic heterocycles. The van der Waals surface area contributed by atoms with E-state index in [0.717, 1.165) is 4.90 Å². The van der Waals surface area contributed by atoms with Crippen LogP contribution in [0.2, 0.25) is 0 Å². The summed E-state index contributed by atoms with van der Waals surface area (Å²) in [7, 11) is 0. The zero-order chi connectivity index (χ0) is 12.3. The number of aliphatic carboxylic acids is 1. The third-order valence-corrected chi connectivity index (χ3v) is 2.85. The molecular weight excluding hydrogens is 214 g/mol. The Bertz CT molecular complexity index is 351. The molecule has 6 nitrogen and oxygen atoms in total. The third-order valence-electron chi connectivity index (χ3n) is 2.85. The van der Waals surface area contributed by atoms with Gasteiger partial charge in [-0.1, -0.05) is 6.08 Å². The molecule has 2 N–H and O–H groups in total. The number of amides is 1. The standard InChI is InChI=1S/C10H13NO5/c1-2-3-10(8(13)14)4-5-11(9(15)16)6-7(10)12/h2H,1,3-6H2,(H,13,14)(H,15,16). The quantitative estimate of drug-likeness (QED) is 0.543. The van der Waals surface area contributed by atoms with Crippen LogP contribution in [0.5, 0.6) is 0 Å². The van der Waals surface area contributed by atoms with Crippen molar-refractivity contribution >= 4 is 17.8 Å². The van der Waals surface area contributed by atoms with Gasteiger partial charge in [-0.2, -0.15) is 0 Å². The van der Waals surface area contributed by atoms with E-state index in [1.807, 2.05) is 0 Å². The van der Waals surface area contributed by atoms with E-state index in [1.165, 1.54) is 6.08 Å². The number of Topliss-reactive ketones (excluding diaryl/α,β-unsaturated/α-hetero) is 1. The predicted molar refractivity (Wildman–Crippen MR) is 54.1 cm³/mol. The van der Waals surface area contributed by atoms with Gasteiger partial charge in [0, 0.05) is 6.54 Å². The molecule has 0 aromatic carbocycles. The monoisotopic (exact) mass is 227 g/mol. The molecule has 0 saturated carbocycles. The van der Waals surface area contributed by atoms with Gasteiger partial charge >= 0.3 is 12.1 Å². The summed E-state index contributed by atoms with van der Waals surface area (Å²) < 4.78 is 0. The first kappa shape index (κ1) is 12.2. The second-order valence-corrected chi connectivity index (χ2v) is 3.76. The van der Waals surface area contributed by atoms with Crippen LogP contribution in [0.3, 0.4) is 0 Å². The van der Waals surface area contributed by atoms with Crippen molar-refractivity contribution < 1.29 is 24.6 Å². The molecule has 1 fully saturated rings. The normalized spacial score (nSPS) is 25.2. The Morgan fingerprint density at radius 1 is 1.50 bits per heavy atom. The third kappa shape index (κ3) is 1.91. The van der Waals surface area contributed by atoms with Gasteiger partial charge in [0.15, 0.2) is 5.78 Å². The molecule has 1 atom stereocenters. The molecule has 1 saturated heterocycles. The summed E-state index contributed by atoms with van der Waals surface area (Å²) in [6.45, 7) is 3.12. The predicted octanol–water partition coefficient (Wildman–Crippen LogP) is 0.586. The van der Waals surface area contributed by atoms with E-state index in [4.69, 9.17) is 10.2 Å². The molecule has 1 rings (SSSR count). The fourth-order valence-corrected chi connectivity index (χ4v) is 1.81. The van der Waals surface area contributed by atoms with E-state index in [9.17, 15) is 14.4 Å². The first-order valence-electron chi connectivity index (χ1n) is 4.79. The van der Waals surface area contributed by atoms with E-state index < -0.39 is 23.3 Å². The van der Waals surface area contributed by atoms with Crippen molar-refractivity contribution in [3.8, 4) is 0 Å². The van der Waals surface area contributed by atoms with Gasteiger partial charge in [0.25, 0.3) is 0 Å². The minimum absolute atomic E-state index is 0.000509. The largest absolute Gasteiger partial charge is 0.480 e. The Balaban J connectivity index is 2.91. The van der Waals surface area contributed by atoms with Crippen molar-refractivity contribution in [3.63, 3.8) is 0 Å². The molecule has 1 heterocycles. The molecular formula is C10H13NO5. The molecule has 0 radical (unpaired) electrons. The van der Waals surface area contributed by atoms with E-state index in [2.05, 4.69) is 6.58 Å². The number of ketones is 1. The van der Waals surface area contributed by atoms with Gasteiger partial charge in [-0.25, -0.2) is 4.79 Å². The zero-order valence-corrected chi connectivity index (χ0v) is 8.68. The first-order valence-corrected chi connectivity index (χ1v) is 4.79. The maximum absolute atomic E-state index is 11.7. The maximum Gasteiger partial charge on any atom is 0.407 e. The summed E-state index contributed by atoms with van der Waals surface area (Å²) in [5.74, 6) is -1.78. The Morgan fingerprint density at radius 2 is 2.12 bits per heavy atom. The topological polar surface area (TPSA) is 94.9 Å². The first-order chi connectivity index (χ1) is 7.44. The molecule has 16 heavy (non-hydrogen) atoms. The highest BCUT2D eigenvalue weighted by atomic mass is 16.4.